The molecule has 0 amide bonds. The summed E-state index contributed by atoms with van der Waals surface area (Å²) in [5.74, 6) is 10.9. The summed E-state index contributed by atoms with van der Waals surface area (Å²) in [6.07, 6.45) is 38.9. The minimum absolute atomic E-state index is 0.379. The summed E-state index contributed by atoms with van der Waals surface area (Å²) in [7, 11) is 0. The lowest BCUT2D eigenvalue weighted by Gasteiger charge is -2.05. The molecule has 0 aromatic rings. The molecule has 2 nitrogen and oxygen atoms in total. The number of aliphatic hydroxyl groups is 2. The molecule has 0 aliphatic rings. The van der Waals surface area contributed by atoms with E-state index in [1.54, 1.807) is 18.2 Å². The quantitative estimate of drug-likeness (QED) is 0.131. The van der Waals surface area contributed by atoms with E-state index in [2.05, 4.69) is 35.8 Å². The second kappa shape index (κ2) is 25.1. The molecule has 176 valence electrons. The van der Waals surface area contributed by atoms with E-state index in [4.69, 9.17) is 18.0 Å². The SMILES string of the molecule is C#CC=CC(O)CCCCCCCCCCCCCC=CCC#CCCC=CC(O)C#C. The van der Waals surface area contributed by atoms with E-state index in [0.29, 0.717) is 0 Å². The van der Waals surface area contributed by atoms with Crippen LogP contribution in [-0.4, -0.2) is 22.4 Å². The van der Waals surface area contributed by atoms with Gasteiger partial charge in [-0.25, -0.2) is 0 Å². The van der Waals surface area contributed by atoms with Gasteiger partial charge in [-0.05, 0) is 43.9 Å². The summed E-state index contributed by atoms with van der Waals surface area (Å²) in [6, 6.07) is 0. The van der Waals surface area contributed by atoms with Gasteiger partial charge in [-0.1, -0.05) is 100 Å². The highest BCUT2D eigenvalue weighted by molar-refractivity contribution is 5.10. The normalized spacial score (nSPS) is 13.1. The molecule has 2 N–H and O–H groups in total. The topological polar surface area (TPSA) is 40.5 Å². The first kappa shape index (κ1) is 29.8. The summed E-state index contributed by atoms with van der Waals surface area (Å²) in [5.41, 5.74) is 0. The molecule has 2 atom stereocenters. The van der Waals surface area contributed by atoms with Gasteiger partial charge in [0, 0.05) is 12.8 Å². The molecule has 0 aromatic carbocycles. The maximum atomic E-state index is 9.65. The van der Waals surface area contributed by atoms with Gasteiger partial charge in [0.15, 0.2) is 0 Å². The van der Waals surface area contributed by atoms with Crippen LogP contribution in [0.3, 0.4) is 0 Å². The number of terminal acetylenes is 2. The summed E-state index contributed by atoms with van der Waals surface area (Å²) in [5, 5.41) is 18.8. The smallest absolute Gasteiger partial charge is 0.133 e. The lowest BCUT2D eigenvalue weighted by molar-refractivity contribution is 0.208. The standard InChI is InChI=1S/C30H44O2/c1-3-5-26-30(32)28-25-23-21-19-17-15-13-11-9-7-6-8-10-12-14-16-18-20-22-24-27-29(31)4-2/h1-2,5,10,12,24,26-27,29-32H,6-9,11,13-15,17,19-23,25,28H2. The van der Waals surface area contributed by atoms with Crippen molar-refractivity contribution in [3.8, 4) is 36.5 Å². The van der Waals surface area contributed by atoms with E-state index in [0.717, 1.165) is 38.5 Å². The van der Waals surface area contributed by atoms with Gasteiger partial charge in [-0.3, -0.25) is 0 Å². The van der Waals surface area contributed by atoms with Crippen LogP contribution < -0.4 is 0 Å². The third-order valence-corrected chi connectivity index (χ3v) is 5.22. The second-order valence-electron chi connectivity index (χ2n) is 8.17. The molecule has 2 unspecified atom stereocenters. The van der Waals surface area contributed by atoms with Gasteiger partial charge < -0.3 is 10.2 Å². The van der Waals surface area contributed by atoms with E-state index < -0.39 is 6.10 Å². The number of rotatable bonds is 19. The maximum Gasteiger partial charge on any atom is 0.133 e. The lowest BCUT2D eigenvalue weighted by Crippen LogP contribution is -2.01. The zero-order chi connectivity index (χ0) is 23.5. The Morgan fingerprint density at radius 2 is 1.28 bits per heavy atom. The van der Waals surface area contributed by atoms with Crippen molar-refractivity contribution in [3.63, 3.8) is 0 Å². The van der Waals surface area contributed by atoms with Gasteiger partial charge >= 0.3 is 0 Å². The van der Waals surface area contributed by atoms with E-state index in [1.165, 1.54) is 64.2 Å². The average molecular weight is 437 g/mol. The summed E-state index contributed by atoms with van der Waals surface area (Å²) in [4.78, 5) is 0. The van der Waals surface area contributed by atoms with Crippen molar-refractivity contribution in [1.29, 1.82) is 0 Å². The number of unbranched alkanes of at least 4 members (excludes halogenated alkanes) is 12. The monoisotopic (exact) mass is 436 g/mol. The Balaban J connectivity index is 3.31. The predicted molar refractivity (Wildman–Crippen MR) is 139 cm³/mol. The van der Waals surface area contributed by atoms with Crippen molar-refractivity contribution >= 4 is 0 Å². The highest BCUT2D eigenvalue weighted by Crippen LogP contribution is 2.13. The number of aliphatic hydroxyl groups excluding tert-OH is 2. The minimum atomic E-state index is -0.776. The minimum Gasteiger partial charge on any atom is -0.389 e. The fraction of sp³-hybridized carbons (Fsp3) is 0.600. The van der Waals surface area contributed by atoms with Crippen LogP contribution in [0, 0.1) is 36.5 Å². The number of hydrogen-bond acceptors (Lipinski definition) is 2. The third kappa shape index (κ3) is 24.1. The molecule has 0 spiro atoms. The van der Waals surface area contributed by atoms with Crippen LogP contribution in [-0.2, 0) is 0 Å². The molecule has 0 rings (SSSR count). The van der Waals surface area contributed by atoms with Gasteiger partial charge in [0.25, 0.3) is 0 Å². The number of hydrogen-bond donors (Lipinski definition) is 2. The van der Waals surface area contributed by atoms with Crippen molar-refractivity contribution < 1.29 is 10.2 Å². The van der Waals surface area contributed by atoms with Crippen LogP contribution in [0.25, 0.3) is 0 Å². The molecule has 0 aliphatic carbocycles. The van der Waals surface area contributed by atoms with Gasteiger partial charge in [-0.15, -0.1) is 18.8 Å². The largest absolute Gasteiger partial charge is 0.389 e. The van der Waals surface area contributed by atoms with Crippen molar-refractivity contribution in [3.05, 3.63) is 36.5 Å². The molecule has 0 aromatic heterocycles. The Labute approximate surface area is 198 Å². The molecular weight excluding hydrogens is 392 g/mol. The molecule has 2 heteroatoms. The predicted octanol–water partition coefficient (Wildman–Crippen LogP) is 6.89. The van der Waals surface area contributed by atoms with E-state index in [-0.39, 0.29) is 6.10 Å². The van der Waals surface area contributed by atoms with Crippen LogP contribution in [0.4, 0.5) is 0 Å². The van der Waals surface area contributed by atoms with Crippen LogP contribution >= 0.6 is 0 Å². The highest BCUT2D eigenvalue weighted by atomic mass is 16.3. The van der Waals surface area contributed by atoms with Crippen molar-refractivity contribution in [2.75, 3.05) is 0 Å². The maximum absolute atomic E-state index is 9.65. The first-order valence-corrected chi connectivity index (χ1v) is 12.4. The molecule has 0 aliphatic heterocycles. The van der Waals surface area contributed by atoms with Gasteiger partial charge in [0.05, 0.1) is 6.10 Å². The molecule has 0 radical (unpaired) electrons. The lowest BCUT2D eigenvalue weighted by atomic mass is 10.0. The summed E-state index contributed by atoms with van der Waals surface area (Å²) in [6.45, 7) is 0. The molecular formula is C30H44O2. The zero-order valence-electron chi connectivity index (χ0n) is 20.0. The Morgan fingerprint density at radius 1 is 0.656 bits per heavy atom. The molecule has 0 bridgehead atoms. The summed E-state index contributed by atoms with van der Waals surface area (Å²) >= 11 is 0. The Bertz CT molecular complexity index is 645. The van der Waals surface area contributed by atoms with Crippen LogP contribution in [0.15, 0.2) is 36.5 Å². The van der Waals surface area contributed by atoms with Crippen molar-refractivity contribution in [1.82, 2.24) is 0 Å². The van der Waals surface area contributed by atoms with E-state index in [1.807, 2.05) is 6.08 Å². The molecule has 0 saturated carbocycles. The van der Waals surface area contributed by atoms with Crippen LogP contribution in [0.5, 0.6) is 0 Å². The van der Waals surface area contributed by atoms with Crippen molar-refractivity contribution in [2.24, 2.45) is 0 Å². The fourth-order valence-corrected chi connectivity index (χ4v) is 3.33. The second-order valence-corrected chi connectivity index (χ2v) is 8.17. The van der Waals surface area contributed by atoms with Gasteiger partial charge in [0.2, 0.25) is 0 Å². The number of allylic oxidation sites excluding steroid dienone is 4. The van der Waals surface area contributed by atoms with Crippen LogP contribution in [0.1, 0.15) is 103 Å². The van der Waals surface area contributed by atoms with Gasteiger partial charge in [0.1, 0.15) is 6.10 Å². The van der Waals surface area contributed by atoms with E-state index >= 15 is 0 Å². The Morgan fingerprint density at radius 3 is 1.91 bits per heavy atom. The van der Waals surface area contributed by atoms with E-state index in [9.17, 15) is 5.11 Å². The zero-order valence-corrected chi connectivity index (χ0v) is 20.0. The fourth-order valence-electron chi connectivity index (χ4n) is 3.33. The summed E-state index contributed by atoms with van der Waals surface area (Å²) < 4.78 is 0. The Hall–Kier alpha value is -2.18. The van der Waals surface area contributed by atoms with Crippen LogP contribution in [0.2, 0.25) is 0 Å². The average Bonchev–Trinajstić information content (AvgIpc) is 2.80. The highest BCUT2D eigenvalue weighted by Gasteiger charge is 1.98. The first-order chi connectivity index (χ1) is 15.7. The van der Waals surface area contributed by atoms with Crippen molar-refractivity contribution in [2.45, 2.75) is 115 Å². The Kier molecular flexibility index (Phi) is 23.4. The molecule has 0 heterocycles. The molecule has 0 saturated heterocycles. The third-order valence-electron chi connectivity index (χ3n) is 5.22. The molecule has 0 fully saturated rings. The van der Waals surface area contributed by atoms with Gasteiger partial charge in [-0.2, -0.15) is 0 Å². The molecule has 32 heavy (non-hydrogen) atoms. The first-order valence-electron chi connectivity index (χ1n) is 12.4.